The maximum absolute atomic E-state index is 13.7. The van der Waals surface area contributed by atoms with E-state index in [4.69, 9.17) is 0 Å². The maximum Gasteiger partial charge on any atom is 0.146 e. The molecule has 1 heterocycles. The highest BCUT2D eigenvalue weighted by molar-refractivity contribution is 9.11. The molecule has 1 N–H and O–H groups in total. The average molecular weight is 332 g/mol. The van der Waals surface area contributed by atoms with Crippen molar-refractivity contribution < 1.29 is 8.78 Å². The van der Waals surface area contributed by atoms with Crippen molar-refractivity contribution in [3.63, 3.8) is 0 Å². The van der Waals surface area contributed by atoms with E-state index in [1.165, 1.54) is 12.1 Å². The standard InChI is InChI=1S/C13H12BrF2NS/c1-7-5-10(16)11(6-9(7)15)17-8(2)12-3-4-13(14)18-12/h3-6,8,17H,1-2H3. The number of anilines is 1. The van der Waals surface area contributed by atoms with Gasteiger partial charge in [0.25, 0.3) is 0 Å². The van der Waals surface area contributed by atoms with Crippen molar-refractivity contribution in [1.29, 1.82) is 0 Å². The summed E-state index contributed by atoms with van der Waals surface area (Å²) >= 11 is 4.94. The molecule has 2 aromatic rings. The van der Waals surface area contributed by atoms with Crippen LogP contribution in [0, 0.1) is 18.6 Å². The molecular formula is C13H12BrF2NS. The maximum atomic E-state index is 13.7. The molecule has 1 aromatic heterocycles. The van der Waals surface area contributed by atoms with Crippen LogP contribution in [0.2, 0.25) is 0 Å². The van der Waals surface area contributed by atoms with E-state index in [2.05, 4.69) is 21.2 Å². The van der Waals surface area contributed by atoms with Crippen LogP contribution in [0.25, 0.3) is 0 Å². The highest BCUT2D eigenvalue weighted by atomic mass is 79.9. The van der Waals surface area contributed by atoms with E-state index in [1.54, 1.807) is 18.3 Å². The number of halogens is 3. The summed E-state index contributed by atoms with van der Waals surface area (Å²) in [6.07, 6.45) is 0. The summed E-state index contributed by atoms with van der Waals surface area (Å²) in [5, 5.41) is 2.98. The Kier molecular flexibility index (Phi) is 4.02. The van der Waals surface area contributed by atoms with Gasteiger partial charge in [0, 0.05) is 10.9 Å². The van der Waals surface area contributed by atoms with Crippen LogP contribution >= 0.6 is 27.3 Å². The molecule has 1 atom stereocenters. The smallest absolute Gasteiger partial charge is 0.146 e. The second kappa shape index (κ2) is 5.36. The number of benzene rings is 1. The quantitative estimate of drug-likeness (QED) is 0.807. The minimum atomic E-state index is -0.434. The minimum absolute atomic E-state index is 0.0714. The number of hydrogen-bond donors (Lipinski definition) is 1. The summed E-state index contributed by atoms with van der Waals surface area (Å²) in [5.74, 6) is -0.838. The number of aryl methyl sites for hydroxylation is 1. The number of hydrogen-bond acceptors (Lipinski definition) is 2. The Morgan fingerprint density at radius 2 is 1.94 bits per heavy atom. The first-order chi connectivity index (χ1) is 8.47. The Balaban J connectivity index is 2.21. The van der Waals surface area contributed by atoms with Gasteiger partial charge >= 0.3 is 0 Å². The molecule has 1 aromatic carbocycles. The first-order valence-electron chi connectivity index (χ1n) is 5.45. The van der Waals surface area contributed by atoms with Crippen molar-refractivity contribution in [2.24, 2.45) is 0 Å². The van der Waals surface area contributed by atoms with Crippen LogP contribution in [-0.2, 0) is 0 Å². The Morgan fingerprint density at radius 3 is 2.56 bits per heavy atom. The molecule has 0 bridgehead atoms. The van der Waals surface area contributed by atoms with Gasteiger partial charge in [-0.1, -0.05) is 0 Å². The van der Waals surface area contributed by atoms with E-state index in [0.29, 0.717) is 5.56 Å². The lowest BCUT2D eigenvalue weighted by Gasteiger charge is -2.15. The third kappa shape index (κ3) is 2.90. The molecule has 0 aliphatic rings. The second-order valence-corrected chi connectivity index (χ2v) is 6.58. The molecule has 18 heavy (non-hydrogen) atoms. The van der Waals surface area contributed by atoms with Gasteiger partial charge in [0.1, 0.15) is 11.6 Å². The molecule has 1 unspecified atom stereocenters. The van der Waals surface area contributed by atoms with Crippen molar-refractivity contribution in [1.82, 2.24) is 0 Å². The summed E-state index contributed by atoms with van der Waals surface area (Å²) in [6, 6.07) is 6.22. The van der Waals surface area contributed by atoms with Crippen molar-refractivity contribution in [2.75, 3.05) is 5.32 Å². The number of nitrogens with one attached hydrogen (secondary N) is 1. The van der Waals surface area contributed by atoms with Crippen molar-refractivity contribution >= 4 is 33.0 Å². The molecule has 0 saturated heterocycles. The monoisotopic (exact) mass is 331 g/mol. The van der Waals surface area contributed by atoms with Gasteiger partial charge in [-0.05, 0) is 53.5 Å². The lowest BCUT2D eigenvalue weighted by molar-refractivity contribution is 0.593. The molecule has 0 aliphatic carbocycles. The predicted molar refractivity (Wildman–Crippen MR) is 75.2 cm³/mol. The number of rotatable bonds is 3. The third-order valence-electron chi connectivity index (χ3n) is 2.64. The molecule has 0 fully saturated rings. The minimum Gasteiger partial charge on any atom is -0.375 e. The Morgan fingerprint density at radius 1 is 1.22 bits per heavy atom. The Labute approximate surface area is 117 Å². The van der Waals surface area contributed by atoms with Crippen LogP contribution in [0.15, 0.2) is 28.1 Å². The zero-order chi connectivity index (χ0) is 13.3. The molecule has 5 heteroatoms. The van der Waals surface area contributed by atoms with E-state index in [9.17, 15) is 8.78 Å². The molecule has 2 rings (SSSR count). The van der Waals surface area contributed by atoms with Gasteiger partial charge in [-0.25, -0.2) is 8.78 Å². The van der Waals surface area contributed by atoms with E-state index in [-0.39, 0.29) is 11.7 Å². The topological polar surface area (TPSA) is 12.0 Å². The second-order valence-electron chi connectivity index (χ2n) is 4.09. The zero-order valence-electron chi connectivity index (χ0n) is 9.93. The van der Waals surface area contributed by atoms with Gasteiger partial charge in [-0.15, -0.1) is 11.3 Å². The molecule has 0 amide bonds. The van der Waals surface area contributed by atoms with E-state index in [1.807, 2.05) is 19.1 Å². The fourth-order valence-electron chi connectivity index (χ4n) is 1.62. The highest BCUT2D eigenvalue weighted by Crippen LogP contribution is 2.30. The van der Waals surface area contributed by atoms with Crippen molar-refractivity contribution in [3.05, 3.63) is 50.1 Å². The molecule has 96 valence electrons. The summed E-state index contributed by atoms with van der Waals surface area (Å²) in [6.45, 7) is 3.46. The van der Waals surface area contributed by atoms with E-state index < -0.39 is 11.6 Å². The molecule has 0 spiro atoms. The van der Waals surface area contributed by atoms with Gasteiger partial charge < -0.3 is 5.32 Å². The van der Waals surface area contributed by atoms with Crippen LogP contribution in [0.5, 0.6) is 0 Å². The van der Waals surface area contributed by atoms with Gasteiger partial charge in [0.05, 0.1) is 15.5 Å². The van der Waals surface area contributed by atoms with Gasteiger partial charge in [-0.3, -0.25) is 0 Å². The van der Waals surface area contributed by atoms with E-state index >= 15 is 0 Å². The summed E-state index contributed by atoms with van der Waals surface area (Å²) in [5.41, 5.74) is 0.500. The van der Waals surface area contributed by atoms with Gasteiger partial charge in [0.2, 0.25) is 0 Å². The summed E-state index contributed by atoms with van der Waals surface area (Å²) < 4.78 is 28.1. The normalized spacial score (nSPS) is 12.5. The molecular weight excluding hydrogens is 320 g/mol. The fourth-order valence-corrected chi connectivity index (χ4v) is 3.05. The Hall–Kier alpha value is -0.940. The lowest BCUT2D eigenvalue weighted by atomic mass is 10.2. The van der Waals surface area contributed by atoms with Crippen LogP contribution in [-0.4, -0.2) is 0 Å². The zero-order valence-corrected chi connectivity index (χ0v) is 12.3. The average Bonchev–Trinajstić information content (AvgIpc) is 2.73. The molecule has 0 saturated carbocycles. The van der Waals surface area contributed by atoms with Crippen molar-refractivity contribution in [3.8, 4) is 0 Å². The van der Waals surface area contributed by atoms with E-state index in [0.717, 1.165) is 8.66 Å². The van der Waals surface area contributed by atoms with Gasteiger partial charge in [0.15, 0.2) is 0 Å². The highest BCUT2D eigenvalue weighted by Gasteiger charge is 2.12. The van der Waals surface area contributed by atoms with Crippen LogP contribution in [0.4, 0.5) is 14.5 Å². The SMILES string of the molecule is Cc1cc(F)c(NC(C)c2ccc(Br)s2)cc1F. The first-order valence-corrected chi connectivity index (χ1v) is 7.05. The lowest BCUT2D eigenvalue weighted by Crippen LogP contribution is -2.07. The molecule has 1 nitrogen and oxygen atoms in total. The van der Waals surface area contributed by atoms with Crippen LogP contribution in [0.1, 0.15) is 23.4 Å². The summed E-state index contributed by atoms with van der Waals surface area (Å²) in [7, 11) is 0. The fraction of sp³-hybridized carbons (Fsp3) is 0.231. The van der Waals surface area contributed by atoms with Crippen LogP contribution in [0.3, 0.4) is 0 Å². The van der Waals surface area contributed by atoms with Gasteiger partial charge in [-0.2, -0.15) is 0 Å². The largest absolute Gasteiger partial charge is 0.375 e. The predicted octanol–water partition coefficient (Wildman–Crippen LogP) is 5.27. The number of thiophene rings is 1. The van der Waals surface area contributed by atoms with Crippen LogP contribution < -0.4 is 5.32 Å². The molecule has 0 aliphatic heterocycles. The third-order valence-corrected chi connectivity index (χ3v) is 4.45. The Bertz CT molecular complexity index is 568. The summed E-state index contributed by atoms with van der Waals surface area (Å²) in [4.78, 5) is 1.06. The molecule has 0 radical (unpaired) electrons. The van der Waals surface area contributed by atoms with Crippen molar-refractivity contribution in [2.45, 2.75) is 19.9 Å². The first kappa shape index (κ1) is 13.5.